The van der Waals surface area contributed by atoms with Crippen LogP contribution in [0.4, 0.5) is 5.69 Å². The predicted octanol–water partition coefficient (Wildman–Crippen LogP) is 3.00. The van der Waals surface area contributed by atoms with E-state index in [1.165, 1.54) is 13.2 Å². The summed E-state index contributed by atoms with van der Waals surface area (Å²) < 4.78 is 33.8. The highest BCUT2D eigenvalue weighted by Crippen LogP contribution is 2.42. The molecule has 3 aromatic carbocycles. The highest BCUT2D eigenvalue weighted by atomic mass is 32.2. The second-order valence-electron chi connectivity index (χ2n) is 6.73. The van der Waals surface area contributed by atoms with Crippen molar-refractivity contribution < 1.29 is 18.3 Å². The highest BCUT2D eigenvalue weighted by molar-refractivity contribution is 7.89. The number of hydrogen-bond acceptors (Lipinski definition) is 5. The molecule has 1 aliphatic heterocycles. The molecule has 140 valence electrons. The first kappa shape index (κ1) is 17.6. The summed E-state index contributed by atoms with van der Waals surface area (Å²) in [5.74, 6) is 0.306. The van der Waals surface area contributed by atoms with Crippen LogP contribution in [-0.2, 0) is 10.0 Å². The molecular weight excluding hydrogens is 364 g/mol. The molecule has 6 nitrogen and oxygen atoms in total. The van der Waals surface area contributed by atoms with E-state index < -0.39 is 16.1 Å². The van der Waals surface area contributed by atoms with Gasteiger partial charge in [-0.3, -0.25) is 0 Å². The van der Waals surface area contributed by atoms with Gasteiger partial charge < -0.3 is 14.7 Å². The summed E-state index contributed by atoms with van der Waals surface area (Å²) >= 11 is 0. The molecule has 1 aliphatic rings. The van der Waals surface area contributed by atoms with Gasteiger partial charge in [0.05, 0.1) is 18.0 Å². The van der Waals surface area contributed by atoms with Crippen molar-refractivity contribution in [3.8, 4) is 11.5 Å². The number of nitrogens with one attached hydrogen (secondary N) is 1. The summed E-state index contributed by atoms with van der Waals surface area (Å²) in [7, 11) is 1.64. The second-order valence-corrected chi connectivity index (χ2v) is 8.42. The van der Waals surface area contributed by atoms with Crippen molar-refractivity contribution in [2.45, 2.75) is 10.9 Å². The van der Waals surface area contributed by atoms with Crippen LogP contribution in [0.25, 0.3) is 10.8 Å². The van der Waals surface area contributed by atoms with Crippen molar-refractivity contribution >= 4 is 26.5 Å². The molecule has 4 rings (SSSR count). The number of methoxy groups -OCH3 is 1. The molecule has 1 atom stereocenters. The Kier molecular flexibility index (Phi) is 4.01. The minimum absolute atomic E-state index is 0.00780. The Morgan fingerprint density at radius 1 is 1.11 bits per heavy atom. The Labute approximate surface area is 158 Å². The topological polar surface area (TPSA) is 78.9 Å². The van der Waals surface area contributed by atoms with Crippen LogP contribution in [0.5, 0.6) is 11.5 Å². The number of phenols is 1. The van der Waals surface area contributed by atoms with Gasteiger partial charge in [-0.15, -0.1) is 0 Å². The molecule has 0 bridgehead atoms. The first-order valence-corrected chi connectivity index (χ1v) is 9.94. The first-order chi connectivity index (χ1) is 12.8. The van der Waals surface area contributed by atoms with Gasteiger partial charge in [-0.2, -0.15) is 4.72 Å². The standard InChI is InChI=1S/C20H20N2O4S/c1-22(2)15-9-8-14-19-13(15)5-4-6-18(19)27(24,25)21-20(14)12-7-10-16(23)17(11-12)26-3/h4-11,20-21,23H,1-3H3. The fraction of sp³-hybridized carbons (Fsp3) is 0.200. The lowest BCUT2D eigenvalue weighted by molar-refractivity contribution is 0.372. The van der Waals surface area contributed by atoms with Gasteiger partial charge in [0.1, 0.15) is 0 Å². The molecule has 27 heavy (non-hydrogen) atoms. The van der Waals surface area contributed by atoms with Gasteiger partial charge >= 0.3 is 0 Å². The molecule has 0 saturated carbocycles. The van der Waals surface area contributed by atoms with E-state index in [1.54, 1.807) is 24.3 Å². The molecular formula is C20H20N2O4S. The van der Waals surface area contributed by atoms with Crippen LogP contribution in [0.15, 0.2) is 53.4 Å². The molecule has 0 saturated heterocycles. The molecule has 1 unspecified atom stereocenters. The molecule has 0 fully saturated rings. The summed E-state index contributed by atoms with van der Waals surface area (Å²) in [6.07, 6.45) is 0. The smallest absolute Gasteiger partial charge is 0.242 e. The van der Waals surface area contributed by atoms with Crippen LogP contribution >= 0.6 is 0 Å². The van der Waals surface area contributed by atoms with Crippen molar-refractivity contribution in [3.05, 3.63) is 59.7 Å². The Morgan fingerprint density at radius 2 is 1.89 bits per heavy atom. The van der Waals surface area contributed by atoms with E-state index in [0.29, 0.717) is 11.3 Å². The summed E-state index contributed by atoms with van der Waals surface area (Å²) in [6.45, 7) is 0. The molecule has 3 aromatic rings. The maximum atomic E-state index is 12.9. The largest absolute Gasteiger partial charge is 0.504 e. The Balaban J connectivity index is 2.04. The lowest BCUT2D eigenvalue weighted by atomic mass is 9.93. The van der Waals surface area contributed by atoms with Gasteiger partial charge in [-0.05, 0) is 35.4 Å². The molecule has 0 aliphatic carbocycles. The average molecular weight is 384 g/mol. The number of aromatic hydroxyl groups is 1. The molecule has 2 N–H and O–H groups in total. The van der Waals surface area contributed by atoms with E-state index in [9.17, 15) is 13.5 Å². The monoisotopic (exact) mass is 384 g/mol. The zero-order chi connectivity index (χ0) is 19.3. The fourth-order valence-electron chi connectivity index (χ4n) is 3.64. The first-order valence-electron chi connectivity index (χ1n) is 8.45. The van der Waals surface area contributed by atoms with E-state index in [4.69, 9.17) is 4.74 Å². The Bertz CT molecular complexity index is 1160. The number of sulfonamides is 1. The molecule has 0 radical (unpaired) electrons. The highest BCUT2D eigenvalue weighted by Gasteiger charge is 2.33. The van der Waals surface area contributed by atoms with Gasteiger partial charge in [0.2, 0.25) is 10.0 Å². The van der Waals surface area contributed by atoms with Gasteiger partial charge in [-0.25, -0.2) is 8.42 Å². The molecule has 1 heterocycles. The Hall–Kier alpha value is -2.77. The average Bonchev–Trinajstić information content (AvgIpc) is 2.64. The minimum atomic E-state index is -3.69. The number of ether oxygens (including phenoxy) is 1. The molecule has 7 heteroatoms. The van der Waals surface area contributed by atoms with Crippen LogP contribution in [0.1, 0.15) is 17.2 Å². The van der Waals surface area contributed by atoms with E-state index >= 15 is 0 Å². The quantitative estimate of drug-likeness (QED) is 0.726. The summed E-state index contributed by atoms with van der Waals surface area (Å²) in [4.78, 5) is 2.25. The van der Waals surface area contributed by atoms with Crippen LogP contribution in [0.3, 0.4) is 0 Å². The number of anilines is 1. The zero-order valence-corrected chi connectivity index (χ0v) is 16.0. The van der Waals surface area contributed by atoms with Crippen LogP contribution in [-0.4, -0.2) is 34.7 Å². The lowest BCUT2D eigenvalue weighted by Gasteiger charge is -2.29. The van der Waals surface area contributed by atoms with Crippen LogP contribution < -0.4 is 14.4 Å². The third-order valence-corrected chi connectivity index (χ3v) is 6.37. The van der Waals surface area contributed by atoms with E-state index in [0.717, 1.165) is 22.0 Å². The third kappa shape index (κ3) is 2.70. The molecule has 0 amide bonds. The van der Waals surface area contributed by atoms with Crippen molar-refractivity contribution in [1.29, 1.82) is 0 Å². The predicted molar refractivity (Wildman–Crippen MR) is 105 cm³/mol. The van der Waals surface area contributed by atoms with E-state index in [2.05, 4.69) is 4.72 Å². The van der Waals surface area contributed by atoms with Gasteiger partial charge in [0, 0.05) is 30.6 Å². The molecule has 0 aromatic heterocycles. The summed E-state index contributed by atoms with van der Waals surface area (Å²) in [6, 6.07) is 13.6. The SMILES string of the molecule is COc1cc(C2NS(=O)(=O)c3cccc4c(N(C)C)ccc2c34)ccc1O. The van der Waals surface area contributed by atoms with Gasteiger partial charge in [-0.1, -0.05) is 24.3 Å². The van der Waals surface area contributed by atoms with Gasteiger partial charge in [0.25, 0.3) is 0 Å². The maximum Gasteiger partial charge on any atom is 0.242 e. The minimum Gasteiger partial charge on any atom is -0.504 e. The van der Waals surface area contributed by atoms with Crippen molar-refractivity contribution in [2.24, 2.45) is 0 Å². The zero-order valence-electron chi connectivity index (χ0n) is 15.2. The number of rotatable bonds is 3. The summed E-state index contributed by atoms with van der Waals surface area (Å²) in [5.41, 5.74) is 2.52. The molecule has 0 spiro atoms. The number of benzene rings is 3. The Morgan fingerprint density at radius 3 is 2.59 bits per heavy atom. The lowest BCUT2D eigenvalue weighted by Crippen LogP contribution is -2.33. The van der Waals surface area contributed by atoms with E-state index in [1.807, 2.05) is 37.2 Å². The maximum absolute atomic E-state index is 12.9. The normalized spacial score (nSPS) is 17.7. The number of phenolic OH excluding ortho intramolecular Hbond substituents is 1. The van der Waals surface area contributed by atoms with E-state index in [-0.39, 0.29) is 10.6 Å². The van der Waals surface area contributed by atoms with Crippen molar-refractivity contribution in [2.75, 3.05) is 26.1 Å². The van der Waals surface area contributed by atoms with Crippen molar-refractivity contribution in [1.82, 2.24) is 4.72 Å². The van der Waals surface area contributed by atoms with Crippen LogP contribution in [0, 0.1) is 0 Å². The third-order valence-electron chi connectivity index (χ3n) is 4.90. The van der Waals surface area contributed by atoms with Gasteiger partial charge in [0.15, 0.2) is 11.5 Å². The van der Waals surface area contributed by atoms with Crippen molar-refractivity contribution in [3.63, 3.8) is 0 Å². The second kappa shape index (κ2) is 6.14. The van der Waals surface area contributed by atoms with Crippen LogP contribution in [0.2, 0.25) is 0 Å². The number of nitrogens with zero attached hydrogens (tertiary/aromatic N) is 1. The fourth-order valence-corrected chi connectivity index (χ4v) is 5.10. The number of hydrogen-bond donors (Lipinski definition) is 2. The summed E-state index contributed by atoms with van der Waals surface area (Å²) in [5, 5.41) is 11.5.